The van der Waals surface area contributed by atoms with Crippen molar-refractivity contribution in [2.75, 3.05) is 25.0 Å². The van der Waals surface area contributed by atoms with Crippen LogP contribution in [0.15, 0.2) is 48.7 Å². The summed E-state index contributed by atoms with van der Waals surface area (Å²) in [7, 11) is 0. The number of carbonyl (C=O) groups excluding carboxylic acids is 1. The number of nitrogens with one attached hydrogen (secondary N) is 1. The predicted octanol–water partition coefficient (Wildman–Crippen LogP) is 4.24. The molecule has 0 radical (unpaired) electrons. The first-order valence-corrected chi connectivity index (χ1v) is 9.65. The van der Waals surface area contributed by atoms with Gasteiger partial charge in [-0.25, -0.2) is 0 Å². The van der Waals surface area contributed by atoms with Crippen LogP contribution in [0.5, 0.6) is 0 Å². The van der Waals surface area contributed by atoms with E-state index in [1.165, 1.54) is 5.56 Å². The van der Waals surface area contributed by atoms with E-state index >= 15 is 0 Å². The third-order valence-corrected chi connectivity index (χ3v) is 4.96. The number of carbonyl (C=O) groups is 1. The standard InChI is InChI=1S/C22H29N3O/c1-17(2)16-24-20-8-11-23-21(15-20)22(26)25-12-9-19(10-13-25)14-18-6-4-3-5-7-18/h3-8,11,15,17,19H,9-10,12-14,16H2,1-2H3,(H,23,24). The molecule has 1 aliphatic heterocycles. The SMILES string of the molecule is CC(C)CNc1ccnc(C(=O)N2CCC(Cc3ccccc3)CC2)c1. The Balaban J connectivity index is 1.54. The van der Waals surface area contributed by atoms with Crippen LogP contribution in [0.4, 0.5) is 5.69 Å². The Morgan fingerprint density at radius 1 is 1.19 bits per heavy atom. The minimum Gasteiger partial charge on any atom is -0.385 e. The molecule has 2 heterocycles. The van der Waals surface area contributed by atoms with Gasteiger partial charge >= 0.3 is 0 Å². The van der Waals surface area contributed by atoms with Gasteiger partial charge in [0.15, 0.2) is 0 Å². The lowest BCUT2D eigenvalue weighted by Gasteiger charge is -2.32. The minimum atomic E-state index is 0.0522. The van der Waals surface area contributed by atoms with Crippen LogP contribution in [0, 0.1) is 11.8 Å². The number of hydrogen-bond acceptors (Lipinski definition) is 3. The van der Waals surface area contributed by atoms with Crippen LogP contribution in [-0.2, 0) is 6.42 Å². The second-order valence-electron chi connectivity index (χ2n) is 7.63. The number of amides is 1. The van der Waals surface area contributed by atoms with Crippen molar-refractivity contribution in [3.05, 3.63) is 59.9 Å². The number of aromatic nitrogens is 1. The Morgan fingerprint density at radius 3 is 2.62 bits per heavy atom. The smallest absolute Gasteiger partial charge is 0.272 e. The molecule has 0 unspecified atom stereocenters. The van der Waals surface area contributed by atoms with Gasteiger partial charge in [-0.15, -0.1) is 0 Å². The van der Waals surface area contributed by atoms with E-state index in [0.717, 1.165) is 44.6 Å². The van der Waals surface area contributed by atoms with Crippen molar-refractivity contribution in [1.82, 2.24) is 9.88 Å². The normalized spacial score (nSPS) is 15.3. The fourth-order valence-electron chi connectivity index (χ4n) is 3.43. The number of benzene rings is 1. The second-order valence-corrected chi connectivity index (χ2v) is 7.63. The first-order valence-electron chi connectivity index (χ1n) is 9.65. The quantitative estimate of drug-likeness (QED) is 0.846. The van der Waals surface area contributed by atoms with Crippen LogP contribution in [-0.4, -0.2) is 35.4 Å². The molecule has 0 spiro atoms. The first kappa shape index (κ1) is 18.4. The molecule has 26 heavy (non-hydrogen) atoms. The molecule has 4 heteroatoms. The predicted molar refractivity (Wildman–Crippen MR) is 106 cm³/mol. The molecular weight excluding hydrogens is 322 g/mol. The lowest BCUT2D eigenvalue weighted by molar-refractivity contribution is 0.0684. The van der Waals surface area contributed by atoms with E-state index in [9.17, 15) is 4.79 Å². The van der Waals surface area contributed by atoms with E-state index in [1.54, 1.807) is 6.20 Å². The largest absolute Gasteiger partial charge is 0.385 e. The maximum Gasteiger partial charge on any atom is 0.272 e. The molecule has 0 saturated carbocycles. The Hall–Kier alpha value is -2.36. The minimum absolute atomic E-state index is 0.0522. The van der Waals surface area contributed by atoms with Gasteiger partial charge in [-0.1, -0.05) is 44.2 Å². The molecule has 0 aliphatic carbocycles. The topological polar surface area (TPSA) is 45.2 Å². The molecule has 4 nitrogen and oxygen atoms in total. The van der Waals surface area contributed by atoms with Gasteiger partial charge in [-0.3, -0.25) is 9.78 Å². The number of nitrogens with zero attached hydrogens (tertiary/aromatic N) is 2. The van der Waals surface area contributed by atoms with Crippen molar-refractivity contribution < 1.29 is 4.79 Å². The van der Waals surface area contributed by atoms with E-state index < -0.39 is 0 Å². The molecule has 138 valence electrons. The summed E-state index contributed by atoms with van der Waals surface area (Å²) in [5.41, 5.74) is 2.90. The second kappa shape index (κ2) is 8.84. The van der Waals surface area contributed by atoms with Gasteiger partial charge < -0.3 is 10.2 Å². The molecule has 1 amide bonds. The summed E-state index contributed by atoms with van der Waals surface area (Å²) < 4.78 is 0. The fraction of sp³-hybridized carbons (Fsp3) is 0.455. The summed E-state index contributed by atoms with van der Waals surface area (Å²) in [5.74, 6) is 1.27. The molecular formula is C22H29N3O. The summed E-state index contributed by atoms with van der Waals surface area (Å²) >= 11 is 0. The lowest BCUT2D eigenvalue weighted by atomic mass is 9.90. The van der Waals surface area contributed by atoms with Gasteiger partial charge in [0.1, 0.15) is 5.69 Å². The van der Waals surface area contributed by atoms with Gasteiger partial charge in [-0.05, 0) is 48.8 Å². The van der Waals surface area contributed by atoms with Gasteiger partial charge in [0.25, 0.3) is 5.91 Å². The Labute approximate surface area is 156 Å². The summed E-state index contributed by atoms with van der Waals surface area (Å²) in [6.07, 6.45) is 4.95. The van der Waals surface area contributed by atoms with Crippen molar-refractivity contribution in [2.24, 2.45) is 11.8 Å². The van der Waals surface area contributed by atoms with Crippen molar-refractivity contribution in [3.8, 4) is 0 Å². The van der Waals surface area contributed by atoms with Crippen molar-refractivity contribution in [3.63, 3.8) is 0 Å². The highest BCUT2D eigenvalue weighted by molar-refractivity contribution is 5.93. The van der Waals surface area contributed by atoms with E-state index in [1.807, 2.05) is 17.0 Å². The third-order valence-electron chi connectivity index (χ3n) is 4.96. The van der Waals surface area contributed by atoms with Crippen LogP contribution in [0.3, 0.4) is 0 Å². The van der Waals surface area contributed by atoms with Crippen LogP contribution in [0.2, 0.25) is 0 Å². The molecule has 0 atom stereocenters. The van der Waals surface area contributed by atoms with E-state index in [0.29, 0.717) is 17.5 Å². The van der Waals surface area contributed by atoms with Crippen LogP contribution in [0.1, 0.15) is 42.7 Å². The Kier molecular flexibility index (Phi) is 6.26. The van der Waals surface area contributed by atoms with Gasteiger partial charge in [-0.2, -0.15) is 0 Å². The van der Waals surface area contributed by atoms with Crippen LogP contribution in [0.25, 0.3) is 0 Å². The molecule has 1 aromatic carbocycles. The summed E-state index contributed by atoms with van der Waals surface area (Å²) in [6.45, 7) is 6.87. The van der Waals surface area contributed by atoms with E-state index in [4.69, 9.17) is 0 Å². The van der Waals surface area contributed by atoms with E-state index in [2.05, 4.69) is 54.5 Å². The highest BCUT2D eigenvalue weighted by Gasteiger charge is 2.24. The number of piperidine rings is 1. The number of pyridine rings is 1. The van der Waals surface area contributed by atoms with Crippen molar-refractivity contribution >= 4 is 11.6 Å². The zero-order chi connectivity index (χ0) is 18.4. The number of anilines is 1. The Bertz CT molecular complexity index is 706. The van der Waals surface area contributed by atoms with Crippen LogP contribution >= 0.6 is 0 Å². The average Bonchev–Trinajstić information content (AvgIpc) is 2.67. The summed E-state index contributed by atoms with van der Waals surface area (Å²) in [5, 5.41) is 3.37. The van der Waals surface area contributed by atoms with E-state index in [-0.39, 0.29) is 5.91 Å². The van der Waals surface area contributed by atoms with Crippen LogP contribution < -0.4 is 5.32 Å². The molecule has 1 saturated heterocycles. The van der Waals surface area contributed by atoms with Crippen molar-refractivity contribution in [1.29, 1.82) is 0 Å². The maximum atomic E-state index is 12.8. The molecule has 1 fully saturated rings. The van der Waals surface area contributed by atoms with Gasteiger partial charge in [0, 0.05) is 31.5 Å². The first-order chi connectivity index (χ1) is 12.6. The monoisotopic (exact) mass is 351 g/mol. The molecule has 0 bridgehead atoms. The number of hydrogen-bond donors (Lipinski definition) is 1. The molecule has 1 aliphatic rings. The molecule has 2 aromatic rings. The highest BCUT2D eigenvalue weighted by atomic mass is 16.2. The average molecular weight is 351 g/mol. The number of rotatable bonds is 6. The molecule has 3 rings (SSSR count). The highest BCUT2D eigenvalue weighted by Crippen LogP contribution is 2.23. The summed E-state index contributed by atoms with van der Waals surface area (Å²) in [6, 6.07) is 14.4. The zero-order valence-corrected chi connectivity index (χ0v) is 15.8. The van der Waals surface area contributed by atoms with Crippen molar-refractivity contribution in [2.45, 2.75) is 33.1 Å². The Morgan fingerprint density at radius 2 is 1.92 bits per heavy atom. The molecule has 1 N–H and O–H groups in total. The third kappa shape index (κ3) is 5.07. The summed E-state index contributed by atoms with van der Waals surface area (Å²) in [4.78, 5) is 19.0. The number of likely N-dealkylation sites (tertiary alicyclic amines) is 1. The zero-order valence-electron chi connectivity index (χ0n) is 15.8. The van der Waals surface area contributed by atoms with Gasteiger partial charge in [0.2, 0.25) is 0 Å². The van der Waals surface area contributed by atoms with Gasteiger partial charge in [0.05, 0.1) is 0 Å². The molecule has 1 aromatic heterocycles. The fourth-order valence-corrected chi connectivity index (χ4v) is 3.43. The maximum absolute atomic E-state index is 12.8. The lowest BCUT2D eigenvalue weighted by Crippen LogP contribution is -2.39.